The van der Waals surface area contributed by atoms with Crippen molar-refractivity contribution in [2.45, 2.75) is 52.6 Å². The maximum absolute atomic E-state index is 11.9. The molecule has 0 saturated heterocycles. The Morgan fingerprint density at radius 1 is 1.28 bits per heavy atom. The van der Waals surface area contributed by atoms with Crippen LogP contribution in [0.3, 0.4) is 0 Å². The Hall–Kier alpha value is -1.10. The zero-order chi connectivity index (χ0) is 14.3. The van der Waals surface area contributed by atoms with Crippen LogP contribution in [0.15, 0.2) is 0 Å². The molecule has 5 nitrogen and oxygen atoms in total. The van der Waals surface area contributed by atoms with E-state index in [-0.39, 0.29) is 11.8 Å². The van der Waals surface area contributed by atoms with Gasteiger partial charge in [-0.15, -0.1) is 0 Å². The van der Waals surface area contributed by atoms with Gasteiger partial charge in [0.15, 0.2) is 0 Å². The van der Waals surface area contributed by atoms with E-state index in [0.29, 0.717) is 12.3 Å². The molecule has 0 aliphatic carbocycles. The van der Waals surface area contributed by atoms with Crippen LogP contribution in [0.2, 0.25) is 0 Å². The van der Waals surface area contributed by atoms with Crippen molar-refractivity contribution in [3.05, 3.63) is 0 Å². The average molecular weight is 258 g/mol. The fourth-order valence-electron chi connectivity index (χ4n) is 1.67. The molecule has 0 fully saturated rings. The van der Waals surface area contributed by atoms with Crippen LogP contribution in [-0.4, -0.2) is 31.1 Å². The lowest BCUT2D eigenvalue weighted by atomic mass is 9.98. The van der Waals surface area contributed by atoms with Crippen LogP contribution in [0.4, 0.5) is 0 Å². The molecule has 0 aromatic heterocycles. The lowest BCUT2D eigenvalue weighted by Crippen LogP contribution is -2.51. The largest absolute Gasteiger partial charge is 0.467 e. The second-order valence-corrected chi connectivity index (χ2v) is 5.13. The summed E-state index contributed by atoms with van der Waals surface area (Å²) in [5.41, 5.74) is 5.79. The Morgan fingerprint density at radius 3 is 2.22 bits per heavy atom. The zero-order valence-corrected chi connectivity index (χ0v) is 12.0. The van der Waals surface area contributed by atoms with Crippen LogP contribution in [0.25, 0.3) is 0 Å². The third kappa shape index (κ3) is 5.49. The van der Waals surface area contributed by atoms with E-state index >= 15 is 0 Å². The van der Waals surface area contributed by atoms with Crippen LogP contribution in [0, 0.1) is 11.8 Å². The van der Waals surface area contributed by atoms with Gasteiger partial charge in [0.25, 0.3) is 0 Å². The van der Waals surface area contributed by atoms with E-state index < -0.39 is 18.1 Å². The number of ether oxygens (including phenoxy) is 1. The first-order valence-corrected chi connectivity index (χ1v) is 6.47. The number of carbonyl (C=O) groups excluding carboxylic acids is 2. The van der Waals surface area contributed by atoms with E-state index in [9.17, 15) is 9.59 Å². The van der Waals surface area contributed by atoms with Crippen molar-refractivity contribution in [2.24, 2.45) is 17.6 Å². The average Bonchev–Trinajstić information content (AvgIpc) is 2.32. The molecule has 0 heterocycles. The molecule has 0 spiro atoms. The molecular formula is C13H26N2O3. The van der Waals surface area contributed by atoms with Gasteiger partial charge in [0.05, 0.1) is 13.2 Å². The fourth-order valence-corrected chi connectivity index (χ4v) is 1.67. The van der Waals surface area contributed by atoms with Crippen LogP contribution >= 0.6 is 0 Å². The molecule has 106 valence electrons. The number of nitrogens with one attached hydrogen (secondary N) is 1. The van der Waals surface area contributed by atoms with Gasteiger partial charge >= 0.3 is 5.97 Å². The van der Waals surface area contributed by atoms with Gasteiger partial charge in [0.1, 0.15) is 6.04 Å². The number of hydrogen-bond acceptors (Lipinski definition) is 4. The molecule has 18 heavy (non-hydrogen) atoms. The highest BCUT2D eigenvalue weighted by molar-refractivity contribution is 5.87. The molecule has 0 saturated carbocycles. The number of amides is 1. The monoisotopic (exact) mass is 258 g/mol. The highest BCUT2D eigenvalue weighted by Gasteiger charge is 2.28. The Morgan fingerprint density at radius 2 is 1.83 bits per heavy atom. The molecule has 5 heteroatoms. The molecule has 0 aliphatic heterocycles. The number of rotatable bonds is 7. The maximum Gasteiger partial charge on any atom is 0.328 e. The number of carbonyl (C=O) groups is 2. The first-order valence-electron chi connectivity index (χ1n) is 6.47. The molecule has 3 N–H and O–H groups in total. The summed E-state index contributed by atoms with van der Waals surface area (Å²) in [5.74, 6) is -0.354. The van der Waals surface area contributed by atoms with Gasteiger partial charge in [-0.25, -0.2) is 4.79 Å². The summed E-state index contributed by atoms with van der Waals surface area (Å²) in [6.45, 7) is 7.86. The van der Waals surface area contributed by atoms with Gasteiger partial charge in [-0.3, -0.25) is 4.79 Å². The van der Waals surface area contributed by atoms with Gasteiger partial charge < -0.3 is 15.8 Å². The fraction of sp³-hybridized carbons (Fsp3) is 0.846. The van der Waals surface area contributed by atoms with Crippen molar-refractivity contribution in [3.8, 4) is 0 Å². The van der Waals surface area contributed by atoms with Gasteiger partial charge in [-0.1, -0.05) is 34.1 Å². The Balaban J connectivity index is 4.58. The molecule has 0 aromatic carbocycles. The number of esters is 1. The quantitative estimate of drug-likeness (QED) is 0.669. The highest BCUT2D eigenvalue weighted by Crippen LogP contribution is 2.10. The predicted molar refractivity (Wildman–Crippen MR) is 70.8 cm³/mol. The lowest BCUT2D eigenvalue weighted by Gasteiger charge is -2.24. The van der Waals surface area contributed by atoms with E-state index in [2.05, 4.69) is 5.32 Å². The van der Waals surface area contributed by atoms with E-state index in [1.165, 1.54) is 7.11 Å². The Labute approximate surface area is 109 Å². The smallest absolute Gasteiger partial charge is 0.328 e. The van der Waals surface area contributed by atoms with E-state index in [1.807, 2.05) is 27.7 Å². The van der Waals surface area contributed by atoms with Crippen LogP contribution in [0.1, 0.15) is 40.5 Å². The molecule has 1 amide bonds. The minimum Gasteiger partial charge on any atom is -0.467 e. The summed E-state index contributed by atoms with van der Waals surface area (Å²) in [4.78, 5) is 23.5. The van der Waals surface area contributed by atoms with Crippen molar-refractivity contribution in [3.63, 3.8) is 0 Å². The predicted octanol–water partition coefficient (Wildman–Crippen LogP) is 1.06. The summed E-state index contributed by atoms with van der Waals surface area (Å²) in [6, 6.07) is -1.20. The molecule has 0 aromatic rings. The van der Waals surface area contributed by atoms with E-state index in [4.69, 9.17) is 10.5 Å². The SMILES string of the molecule is CC[C@H](C)[C@H](NC(=O)[C@@H](N)CC(C)C)C(=O)OC. The summed E-state index contributed by atoms with van der Waals surface area (Å²) in [5, 5.41) is 2.69. The van der Waals surface area contributed by atoms with E-state index in [0.717, 1.165) is 6.42 Å². The van der Waals surface area contributed by atoms with Crippen molar-refractivity contribution >= 4 is 11.9 Å². The van der Waals surface area contributed by atoms with Crippen LogP contribution in [0.5, 0.6) is 0 Å². The third-order valence-corrected chi connectivity index (χ3v) is 3.03. The highest BCUT2D eigenvalue weighted by atomic mass is 16.5. The van der Waals surface area contributed by atoms with Gasteiger partial charge in [0, 0.05) is 0 Å². The molecule has 0 rings (SSSR count). The molecule has 0 aliphatic rings. The molecule has 0 bridgehead atoms. The van der Waals surface area contributed by atoms with Gasteiger partial charge in [-0.05, 0) is 18.3 Å². The van der Waals surface area contributed by atoms with E-state index in [1.54, 1.807) is 0 Å². The number of nitrogens with two attached hydrogens (primary N) is 1. The third-order valence-electron chi connectivity index (χ3n) is 3.03. The van der Waals surface area contributed by atoms with Crippen LogP contribution in [-0.2, 0) is 14.3 Å². The van der Waals surface area contributed by atoms with Crippen molar-refractivity contribution in [1.29, 1.82) is 0 Å². The van der Waals surface area contributed by atoms with Gasteiger partial charge in [-0.2, -0.15) is 0 Å². The topological polar surface area (TPSA) is 81.4 Å². The number of hydrogen-bond donors (Lipinski definition) is 2. The summed E-state index contributed by atoms with van der Waals surface area (Å²) < 4.78 is 4.70. The Bertz CT molecular complexity index is 279. The maximum atomic E-state index is 11.9. The molecule has 0 unspecified atom stereocenters. The second-order valence-electron chi connectivity index (χ2n) is 5.13. The summed E-state index contributed by atoms with van der Waals surface area (Å²) >= 11 is 0. The molecular weight excluding hydrogens is 232 g/mol. The van der Waals surface area contributed by atoms with Crippen LogP contribution < -0.4 is 11.1 Å². The minimum absolute atomic E-state index is 0.0210. The summed E-state index contributed by atoms with van der Waals surface area (Å²) in [6.07, 6.45) is 1.37. The first-order chi connectivity index (χ1) is 8.33. The Kier molecular flexibility index (Phi) is 7.59. The first kappa shape index (κ1) is 16.9. The molecule has 3 atom stereocenters. The standard InChI is InChI=1S/C13H26N2O3/c1-6-9(4)11(13(17)18-5)15-12(16)10(14)7-8(2)3/h8-11H,6-7,14H2,1-5H3,(H,15,16)/t9-,10-,11-/m0/s1. The van der Waals surface area contributed by atoms with Crippen molar-refractivity contribution < 1.29 is 14.3 Å². The van der Waals surface area contributed by atoms with Gasteiger partial charge in [0.2, 0.25) is 5.91 Å². The lowest BCUT2D eigenvalue weighted by molar-refractivity contribution is -0.146. The normalized spacial score (nSPS) is 15.9. The minimum atomic E-state index is -0.620. The van der Waals surface area contributed by atoms with Crippen molar-refractivity contribution in [1.82, 2.24) is 5.32 Å². The summed E-state index contributed by atoms with van der Waals surface area (Å²) in [7, 11) is 1.32. The second kappa shape index (κ2) is 8.08. The molecule has 0 radical (unpaired) electrons. The van der Waals surface area contributed by atoms with Crippen molar-refractivity contribution in [2.75, 3.05) is 7.11 Å². The number of methoxy groups -OCH3 is 1. The zero-order valence-electron chi connectivity index (χ0n) is 12.0.